The monoisotopic (exact) mass is 570 g/mol. The van der Waals surface area contributed by atoms with Crippen LogP contribution in [0.4, 0.5) is 0 Å². The van der Waals surface area contributed by atoms with Gasteiger partial charge >= 0.3 is 0 Å². The zero-order chi connectivity index (χ0) is 29.6. The highest BCUT2D eigenvalue weighted by Crippen LogP contribution is 2.42. The molecule has 1 fully saturated rings. The van der Waals surface area contributed by atoms with Crippen LogP contribution in [0.15, 0.2) is 57.7 Å². The lowest BCUT2D eigenvalue weighted by Crippen LogP contribution is -2.60. The molecule has 0 aliphatic carbocycles. The molecule has 41 heavy (non-hydrogen) atoms. The summed E-state index contributed by atoms with van der Waals surface area (Å²) in [6.45, 7) is -0.717. The van der Waals surface area contributed by atoms with Gasteiger partial charge in [-0.1, -0.05) is 12.1 Å². The van der Waals surface area contributed by atoms with Crippen LogP contribution in [0.2, 0.25) is 0 Å². The summed E-state index contributed by atoms with van der Waals surface area (Å²) in [7, 11) is 0. The number of rotatable bonds is 6. The van der Waals surface area contributed by atoms with Crippen molar-refractivity contribution in [3.8, 4) is 45.8 Å². The highest BCUT2D eigenvalue weighted by atomic mass is 16.7. The van der Waals surface area contributed by atoms with E-state index in [1.54, 1.807) is 0 Å². The SMILES string of the molecule is O=c1c(O)c(-c2ccc(O)c(O)c2)oc2cc(OC3OC(CO)C(O)C(O)C3O)c(Cc3ccc(O)cc3)c(O)c12. The standard InChI is InChI=1S/C28H26O13/c29-10-19-22(34)24(36)26(38)28(41-19)40-17-9-18-20(21(33)14(17)7-11-1-4-13(30)5-2-11)23(35)25(37)27(39-18)12-3-6-15(31)16(32)8-12/h1-6,8-9,19,22,24,26,28-34,36-38H,7,10H2. The molecule has 13 heteroatoms. The maximum atomic E-state index is 13.2. The molecule has 0 saturated carbocycles. The van der Waals surface area contributed by atoms with E-state index in [0.717, 1.165) is 12.1 Å². The van der Waals surface area contributed by atoms with Gasteiger partial charge < -0.3 is 59.8 Å². The van der Waals surface area contributed by atoms with E-state index in [2.05, 4.69) is 0 Å². The first-order valence-electron chi connectivity index (χ1n) is 12.3. The Morgan fingerprint density at radius 3 is 2.17 bits per heavy atom. The summed E-state index contributed by atoms with van der Waals surface area (Å²) in [5.74, 6) is -3.17. The lowest BCUT2D eigenvalue weighted by atomic mass is 9.98. The van der Waals surface area contributed by atoms with Gasteiger partial charge in [-0.05, 0) is 35.9 Å². The Kier molecular flexibility index (Phi) is 7.38. The highest BCUT2D eigenvalue weighted by Gasteiger charge is 2.45. The molecule has 5 rings (SSSR count). The molecule has 0 radical (unpaired) electrons. The third-order valence-electron chi connectivity index (χ3n) is 6.84. The number of aliphatic hydroxyl groups is 4. The van der Waals surface area contributed by atoms with E-state index in [1.807, 2.05) is 0 Å². The van der Waals surface area contributed by atoms with E-state index in [4.69, 9.17) is 13.9 Å². The second-order valence-corrected chi connectivity index (χ2v) is 9.55. The Hall–Kier alpha value is -4.53. The largest absolute Gasteiger partial charge is 0.508 e. The molecule has 9 N–H and O–H groups in total. The molecular formula is C28H26O13. The molecule has 3 aromatic carbocycles. The van der Waals surface area contributed by atoms with Gasteiger partial charge in [0.15, 0.2) is 17.3 Å². The molecular weight excluding hydrogens is 544 g/mol. The van der Waals surface area contributed by atoms with E-state index in [1.165, 1.54) is 36.4 Å². The summed E-state index contributed by atoms with van der Waals surface area (Å²) in [5, 5.41) is 91.0. The van der Waals surface area contributed by atoms with Gasteiger partial charge in [-0.3, -0.25) is 4.79 Å². The minimum Gasteiger partial charge on any atom is -0.508 e. The normalized spacial score (nSPS) is 22.6. The van der Waals surface area contributed by atoms with Gasteiger partial charge in [-0.25, -0.2) is 0 Å². The van der Waals surface area contributed by atoms with E-state index in [9.17, 15) is 50.8 Å². The molecule has 5 unspecified atom stereocenters. The van der Waals surface area contributed by atoms with E-state index in [0.29, 0.717) is 5.56 Å². The Labute approximate surface area is 230 Å². The fourth-order valence-corrected chi connectivity index (χ4v) is 4.59. The third kappa shape index (κ3) is 5.08. The first-order valence-corrected chi connectivity index (χ1v) is 12.3. The molecule has 1 aliphatic heterocycles. The molecule has 4 aromatic rings. The first kappa shape index (κ1) is 28.0. The number of ether oxygens (including phenoxy) is 2. The quantitative estimate of drug-likeness (QED) is 0.146. The second kappa shape index (κ2) is 10.8. The number of phenols is 4. The van der Waals surface area contributed by atoms with Crippen molar-refractivity contribution in [1.82, 2.24) is 0 Å². The fraction of sp³-hybridized carbons (Fsp3) is 0.250. The van der Waals surface area contributed by atoms with Crippen LogP contribution in [0.3, 0.4) is 0 Å². The lowest BCUT2D eigenvalue weighted by molar-refractivity contribution is -0.277. The Morgan fingerprint density at radius 2 is 1.51 bits per heavy atom. The number of phenolic OH excluding ortho intramolecular Hbond substituents is 4. The predicted molar refractivity (Wildman–Crippen MR) is 140 cm³/mol. The van der Waals surface area contributed by atoms with Crippen molar-refractivity contribution in [3.63, 3.8) is 0 Å². The van der Waals surface area contributed by atoms with Crippen LogP contribution >= 0.6 is 0 Å². The molecule has 5 atom stereocenters. The molecule has 2 heterocycles. The van der Waals surface area contributed by atoms with E-state index >= 15 is 0 Å². The number of hydrogen-bond acceptors (Lipinski definition) is 13. The minimum absolute atomic E-state index is 0.0147. The second-order valence-electron chi connectivity index (χ2n) is 9.55. The van der Waals surface area contributed by atoms with Crippen molar-refractivity contribution in [2.45, 2.75) is 37.1 Å². The average molecular weight is 571 g/mol. The maximum absolute atomic E-state index is 13.2. The fourth-order valence-electron chi connectivity index (χ4n) is 4.59. The molecule has 0 amide bonds. The molecule has 216 valence electrons. The number of fused-ring (bicyclic) bond motifs is 1. The van der Waals surface area contributed by atoms with Crippen LogP contribution in [0.25, 0.3) is 22.3 Å². The number of aromatic hydroxyl groups is 5. The van der Waals surface area contributed by atoms with Crippen LogP contribution in [-0.4, -0.2) is 83.3 Å². The number of benzene rings is 3. The minimum atomic E-state index is -1.80. The third-order valence-corrected chi connectivity index (χ3v) is 6.84. The molecule has 0 spiro atoms. The van der Waals surface area contributed by atoms with Gasteiger partial charge in [0.1, 0.15) is 52.6 Å². The van der Waals surface area contributed by atoms with Crippen molar-refractivity contribution in [1.29, 1.82) is 0 Å². The smallest absolute Gasteiger partial charge is 0.238 e. The summed E-state index contributed by atoms with van der Waals surface area (Å²) in [4.78, 5) is 13.2. The summed E-state index contributed by atoms with van der Waals surface area (Å²) in [6.07, 6.45) is -8.25. The van der Waals surface area contributed by atoms with Crippen molar-refractivity contribution < 1.29 is 59.8 Å². The summed E-state index contributed by atoms with van der Waals surface area (Å²) in [5.41, 5.74) is -0.789. The van der Waals surface area contributed by atoms with Gasteiger partial charge in [0.2, 0.25) is 17.5 Å². The number of aliphatic hydroxyl groups excluding tert-OH is 4. The topological polar surface area (TPSA) is 231 Å². The van der Waals surface area contributed by atoms with Gasteiger partial charge in [0.05, 0.1) is 6.61 Å². The van der Waals surface area contributed by atoms with Gasteiger partial charge in [-0.2, -0.15) is 0 Å². The van der Waals surface area contributed by atoms with Gasteiger partial charge in [0, 0.05) is 23.6 Å². The molecule has 1 aromatic heterocycles. The summed E-state index contributed by atoms with van der Waals surface area (Å²) < 4.78 is 17.0. The Morgan fingerprint density at radius 1 is 0.805 bits per heavy atom. The van der Waals surface area contributed by atoms with Crippen molar-refractivity contribution in [2.24, 2.45) is 0 Å². The zero-order valence-corrected chi connectivity index (χ0v) is 21.1. The molecule has 0 bridgehead atoms. The van der Waals surface area contributed by atoms with E-state index < -0.39 is 76.9 Å². The van der Waals surface area contributed by atoms with Crippen LogP contribution in [-0.2, 0) is 11.2 Å². The Balaban J connectivity index is 1.68. The van der Waals surface area contributed by atoms with Crippen molar-refractivity contribution in [2.75, 3.05) is 6.61 Å². The number of hydrogen-bond donors (Lipinski definition) is 9. The maximum Gasteiger partial charge on any atom is 0.238 e. The van der Waals surface area contributed by atoms with Crippen LogP contribution in [0, 0.1) is 0 Å². The van der Waals surface area contributed by atoms with Crippen molar-refractivity contribution in [3.05, 3.63) is 69.9 Å². The zero-order valence-electron chi connectivity index (χ0n) is 21.1. The molecule has 1 saturated heterocycles. The highest BCUT2D eigenvalue weighted by molar-refractivity contribution is 5.90. The van der Waals surface area contributed by atoms with Crippen LogP contribution in [0.1, 0.15) is 11.1 Å². The molecule has 1 aliphatic rings. The average Bonchev–Trinajstić information content (AvgIpc) is 2.95. The summed E-state index contributed by atoms with van der Waals surface area (Å²) in [6, 6.07) is 10.5. The molecule has 13 nitrogen and oxygen atoms in total. The van der Waals surface area contributed by atoms with Gasteiger partial charge in [0.25, 0.3) is 0 Å². The van der Waals surface area contributed by atoms with Crippen LogP contribution in [0.5, 0.6) is 34.5 Å². The summed E-state index contributed by atoms with van der Waals surface area (Å²) >= 11 is 0. The van der Waals surface area contributed by atoms with Crippen molar-refractivity contribution >= 4 is 11.0 Å². The van der Waals surface area contributed by atoms with Crippen LogP contribution < -0.4 is 10.2 Å². The Bertz CT molecular complexity index is 1640. The lowest BCUT2D eigenvalue weighted by Gasteiger charge is -2.39. The first-order chi connectivity index (χ1) is 19.5. The predicted octanol–water partition coefficient (Wildman–Crippen LogP) is 0.757. The van der Waals surface area contributed by atoms with E-state index in [-0.39, 0.29) is 34.6 Å². The van der Waals surface area contributed by atoms with Gasteiger partial charge in [-0.15, -0.1) is 0 Å².